The van der Waals surface area contributed by atoms with Crippen LogP contribution in [0, 0.1) is 0 Å². The van der Waals surface area contributed by atoms with E-state index in [4.69, 9.17) is 4.74 Å². The van der Waals surface area contributed by atoms with Crippen LogP contribution in [0.4, 0.5) is 0 Å². The Bertz CT molecular complexity index is 404. The molecule has 84 valence electrons. The van der Waals surface area contributed by atoms with Crippen LogP contribution < -0.4 is 0 Å². The van der Waals surface area contributed by atoms with Gasteiger partial charge in [0.05, 0.1) is 5.56 Å². The molecule has 0 amide bonds. The second-order valence-electron chi connectivity index (χ2n) is 3.21. The van der Waals surface area contributed by atoms with Crippen molar-refractivity contribution in [2.24, 2.45) is 0 Å². The summed E-state index contributed by atoms with van der Waals surface area (Å²) in [5.41, 5.74) is 0.881. The van der Waals surface area contributed by atoms with Gasteiger partial charge in [0.15, 0.2) is 0 Å². The summed E-state index contributed by atoms with van der Waals surface area (Å²) in [6.45, 7) is 3.58. The van der Waals surface area contributed by atoms with Crippen LogP contribution in [0.15, 0.2) is 42.0 Å². The highest BCUT2D eigenvalue weighted by molar-refractivity contribution is 6.02. The van der Waals surface area contributed by atoms with Crippen LogP contribution in [0.1, 0.15) is 30.6 Å². The molecule has 0 aliphatic rings. The maximum absolute atomic E-state index is 11.5. The van der Waals surface area contributed by atoms with E-state index in [0.29, 0.717) is 17.6 Å². The Morgan fingerprint density at radius 2 is 1.88 bits per heavy atom. The van der Waals surface area contributed by atoms with Gasteiger partial charge in [0.25, 0.3) is 0 Å². The highest BCUT2D eigenvalue weighted by Crippen LogP contribution is 2.07. The van der Waals surface area contributed by atoms with Gasteiger partial charge in [-0.1, -0.05) is 31.2 Å². The molecule has 0 aromatic heterocycles. The zero-order valence-corrected chi connectivity index (χ0v) is 9.40. The molecule has 0 fully saturated rings. The summed E-state index contributed by atoms with van der Waals surface area (Å²) in [4.78, 5) is 23.0. The van der Waals surface area contributed by atoms with Gasteiger partial charge in [-0.05, 0) is 25.5 Å². The smallest absolute Gasteiger partial charge is 0.346 e. The Hall–Kier alpha value is -1.90. The molecule has 3 nitrogen and oxygen atoms in total. The average Bonchev–Trinajstić information content (AvgIpc) is 2.31. The maximum Gasteiger partial charge on any atom is 0.346 e. The van der Waals surface area contributed by atoms with Gasteiger partial charge >= 0.3 is 11.9 Å². The number of hydrogen-bond acceptors (Lipinski definition) is 3. The molecule has 1 aromatic carbocycles. The van der Waals surface area contributed by atoms with Crippen molar-refractivity contribution >= 4 is 11.9 Å². The number of rotatable bonds is 3. The third-order valence-electron chi connectivity index (χ3n) is 2.19. The first-order valence-corrected chi connectivity index (χ1v) is 5.15. The van der Waals surface area contributed by atoms with Gasteiger partial charge in [-0.3, -0.25) is 0 Å². The van der Waals surface area contributed by atoms with Gasteiger partial charge in [-0.25, -0.2) is 9.59 Å². The first-order chi connectivity index (χ1) is 7.69. The topological polar surface area (TPSA) is 43.4 Å². The Morgan fingerprint density at radius 1 is 1.25 bits per heavy atom. The quantitative estimate of drug-likeness (QED) is 0.445. The van der Waals surface area contributed by atoms with E-state index in [0.717, 1.165) is 0 Å². The van der Waals surface area contributed by atoms with E-state index in [-0.39, 0.29) is 0 Å². The molecule has 0 aliphatic heterocycles. The zero-order chi connectivity index (χ0) is 12.0. The summed E-state index contributed by atoms with van der Waals surface area (Å²) in [5, 5.41) is 0. The van der Waals surface area contributed by atoms with Gasteiger partial charge in [0, 0.05) is 5.57 Å². The number of benzene rings is 1. The van der Waals surface area contributed by atoms with Crippen molar-refractivity contribution in [3.8, 4) is 0 Å². The van der Waals surface area contributed by atoms with Crippen molar-refractivity contribution in [3.05, 3.63) is 47.5 Å². The zero-order valence-electron chi connectivity index (χ0n) is 9.40. The monoisotopic (exact) mass is 218 g/mol. The molecular weight excluding hydrogens is 204 g/mol. The lowest BCUT2D eigenvalue weighted by atomic mass is 10.2. The van der Waals surface area contributed by atoms with E-state index in [1.54, 1.807) is 43.3 Å². The minimum atomic E-state index is -0.613. The number of esters is 2. The fourth-order valence-corrected chi connectivity index (χ4v) is 1.25. The number of hydrogen-bond donors (Lipinski definition) is 0. The maximum atomic E-state index is 11.5. The number of ether oxygens (including phenoxy) is 1. The van der Waals surface area contributed by atoms with Crippen molar-refractivity contribution < 1.29 is 14.3 Å². The average molecular weight is 218 g/mol. The molecule has 0 unspecified atom stereocenters. The van der Waals surface area contributed by atoms with Crippen LogP contribution in [-0.2, 0) is 9.53 Å². The van der Waals surface area contributed by atoms with Crippen LogP contribution >= 0.6 is 0 Å². The fourth-order valence-electron chi connectivity index (χ4n) is 1.25. The lowest BCUT2D eigenvalue weighted by Crippen LogP contribution is -2.14. The van der Waals surface area contributed by atoms with Gasteiger partial charge in [-0.15, -0.1) is 0 Å². The lowest BCUT2D eigenvalue weighted by molar-refractivity contribution is -0.133. The third-order valence-corrected chi connectivity index (χ3v) is 2.19. The first kappa shape index (κ1) is 12.2. The molecule has 0 radical (unpaired) electrons. The Balaban J connectivity index is 2.69. The fraction of sp³-hybridized carbons (Fsp3) is 0.231. The second-order valence-corrected chi connectivity index (χ2v) is 3.21. The van der Waals surface area contributed by atoms with Crippen LogP contribution in [0.5, 0.6) is 0 Å². The van der Waals surface area contributed by atoms with Crippen molar-refractivity contribution in [2.45, 2.75) is 20.3 Å². The first-order valence-electron chi connectivity index (χ1n) is 5.15. The van der Waals surface area contributed by atoms with Gasteiger partial charge in [-0.2, -0.15) is 0 Å². The predicted molar refractivity (Wildman–Crippen MR) is 60.9 cm³/mol. The minimum Gasteiger partial charge on any atom is -0.386 e. The van der Waals surface area contributed by atoms with E-state index in [9.17, 15) is 9.59 Å². The van der Waals surface area contributed by atoms with Crippen molar-refractivity contribution in [2.75, 3.05) is 0 Å². The molecule has 1 rings (SSSR count). The van der Waals surface area contributed by atoms with E-state index in [1.807, 2.05) is 6.92 Å². The molecule has 0 saturated heterocycles. The molecule has 0 spiro atoms. The summed E-state index contributed by atoms with van der Waals surface area (Å²) < 4.78 is 4.73. The van der Waals surface area contributed by atoms with Crippen LogP contribution in [0.2, 0.25) is 0 Å². The normalized spacial score (nSPS) is 11.0. The Kier molecular flexibility index (Phi) is 4.45. The second kappa shape index (κ2) is 5.85. The Morgan fingerprint density at radius 3 is 2.38 bits per heavy atom. The molecule has 0 atom stereocenters. The van der Waals surface area contributed by atoms with Crippen molar-refractivity contribution in [1.82, 2.24) is 0 Å². The molecule has 3 heteroatoms. The number of allylic oxidation sites excluding steroid dienone is 1. The molecule has 0 heterocycles. The van der Waals surface area contributed by atoms with E-state index in [2.05, 4.69) is 0 Å². The highest BCUT2D eigenvalue weighted by atomic mass is 16.6. The summed E-state index contributed by atoms with van der Waals surface area (Å²) in [6, 6.07) is 8.45. The molecular formula is C13H14O3. The standard InChI is InChI=1S/C13H14O3/c1-3-10(4-2)12(14)16-13(15)11-8-6-5-7-9-11/h3,5-9H,4H2,1-2H3. The summed E-state index contributed by atoms with van der Waals surface area (Å²) in [5.74, 6) is -1.18. The molecule has 0 saturated carbocycles. The molecule has 16 heavy (non-hydrogen) atoms. The van der Waals surface area contributed by atoms with Crippen LogP contribution in [0.25, 0.3) is 0 Å². The molecule has 1 aromatic rings. The van der Waals surface area contributed by atoms with Crippen LogP contribution in [0.3, 0.4) is 0 Å². The largest absolute Gasteiger partial charge is 0.386 e. The SMILES string of the molecule is CC=C(CC)C(=O)OC(=O)c1ccccc1. The summed E-state index contributed by atoms with van der Waals surface area (Å²) >= 11 is 0. The predicted octanol–water partition coefficient (Wildman–Crippen LogP) is 2.73. The lowest BCUT2D eigenvalue weighted by Gasteiger charge is -2.04. The third kappa shape index (κ3) is 3.05. The summed E-state index contributed by atoms with van der Waals surface area (Å²) in [6.07, 6.45) is 2.21. The summed E-state index contributed by atoms with van der Waals surface area (Å²) in [7, 11) is 0. The molecule has 0 aliphatic carbocycles. The Labute approximate surface area is 94.7 Å². The van der Waals surface area contributed by atoms with E-state index in [1.165, 1.54) is 0 Å². The molecule has 0 N–H and O–H groups in total. The van der Waals surface area contributed by atoms with Gasteiger partial charge < -0.3 is 4.74 Å². The van der Waals surface area contributed by atoms with Gasteiger partial charge in [0.1, 0.15) is 0 Å². The van der Waals surface area contributed by atoms with E-state index >= 15 is 0 Å². The van der Waals surface area contributed by atoms with Gasteiger partial charge in [0.2, 0.25) is 0 Å². The number of carbonyl (C=O) groups excluding carboxylic acids is 2. The van der Waals surface area contributed by atoms with Crippen molar-refractivity contribution in [3.63, 3.8) is 0 Å². The molecule has 0 bridgehead atoms. The van der Waals surface area contributed by atoms with Crippen molar-refractivity contribution in [1.29, 1.82) is 0 Å². The van der Waals surface area contributed by atoms with E-state index < -0.39 is 11.9 Å². The number of carbonyl (C=O) groups is 2. The highest BCUT2D eigenvalue weighted by Gasteiger charge is 2.14. The minimum absolute atomic E-state index is 0.377. The van der Waals surface area contributed by atoms with Crippen LogP contribution in [-0.4, -0.2) is 11.9 Å².